The molecular weight excluding hydrogens is 344 g/mol. The number of benzene rings is 2. The van der Waals surface area contributed by atoms with Crippen LogP contribution in [0.3, 0.4) is 0 Å². The van der Waals surface area contributed by atoms with Crippen LogP contribution in [0.5, 0.6) is 11.5 Å². The normalized spacial score (nSPS) is 12.1. The number of methoxy groups -OCH3 is 2. The number of rotatable bonds is 4. The molecule has 0 spiro atoms. The predicted octanol–water partition coefficient (Wildman–Crippen LogP) is 3.79. The third-order valence-electron chi connectivity index (χ3n) is 3.18. The average molecular weight is 358 g/mol. The van der Waals surface area contributed by atoms with Gasteiger partial charge in [0.1, 0.15) is 11.5 Å². The molecule has 112 valence electrons. The van der Waals surface area contributed by atoms with Crippen molar-refractivity contribution in [3.63, 3.8) is 0 Å². The van der Waals surface area contributed by atoms with Crippen molar-refractivity contribution in [3.8, 4) is 11.5 Å². The van der Waals surface area contributed by atoms with Gasteiger partial charge in [0, 0.05) is 0 Å². The van der Waals surface area contributed by atoms with E-state index in [9.17, 15) is 8.78 Å². The number of nitrogens with two attached hydrogens (primary N) is 1. The van der Waals surface area contributed by atoms with Crippen LogP contribution in [0.15, 0.2) is 34.8 Å². The minimum absolute atomic E-state index is 0.0111. The molecule has 1 unspecified atom stereocenters. The summed E-state index contributed by atoms with van der Waals surface area (Å²) in [7, 11) is 3.01. The van der Waals surface area contributed by atoms with Crippen LogP contribution >= 0.6 is 15.9 Å². The van der Waals surface area contributed by atoms with Crippen molar-refractivity contribution in [2.75, 3.05) is 14.2 Å². The standard InChI is InChI=1S/C15H14BrF2NO2/c1-20-10-4-3-5-11(21-2)12(10)15(19)8-6-7-9(17)14(18)13(8)16/h3-7,15H,19H2,1-2H3. The van der Waals surface area contributed by atoms with E-state index in [2.05, 4.69) is 15.9 Å². The summed E-state index contributed by atoms with van der Waals surface area (Å²) < 4.78 is 37.5. The molecule has 3 nitrogen and oxygen atoms in total. The lowest BCUT2D eigenvalue weighted by Crippen LogP contribution is -2.15. The van der Waals surface area contributed by atoms with Crippen molar-refractivity contribution in [3.05, 3.63) is 57.6 Å². The van der Waals surface area contributed by atoms with E-state index in [0.717, 1.165) is 6.07 Å². The molecule has 0 saturated heterocycles. The van der Waals surface area contributed by atoms with Gasteiger partial charge in [-0.2, -0.15) is 0 Å². The van der Waals surface area contributed by atoms with Crippen molar-refractivity contribution < 1.29 is 18.3 Å². The van der Waals surface area contributed by atoms with E-state index in [-0.39, 0.29) is 4.47 Å². The van der Waals surface area contributed by atoms with Gasteiger partial charge in [0.15, 0.2) is 11.6 Å². The number of halogens is 3. The van der Waals surface area contributed by atoms with Crippen molar-refractivity contribution in [2.45, 2.75) is 6.04 Å². The minimum Gasteiger partial charge on any atom is -0.496 e. The molecule has 2 aromatic carbocycles. The summed E-state index contributed by atoms with van der Waals surface area (Å²) in [6, 6.07) is 6.95. The second-order valence-corrected chi connectivity index (χ2v) is 5.11. The maximum Gasteiger partial charge on any atom is 0.173 e. The van der Waals surface area contributed by atoms with Crippen LogP contribution in [0, 0.1) is 11.6 Å². The summed E-state index contributed by atoms with van der Waals surface area (Å²) in [5.41, 5.74) is 7.17. The van der Waals surface area contributed by atoms with Crippen LogP contribution in [-0.2, 0) is 0 Å². The predicted molar refractivity (Wildman–Crippen MR) is 79.6 cm³/mol. The first-order valence-corrected chi connectivity index (χ1v) is 6.90. The van der Waals surface area contributed by atoms with Gasteiger partial charge in [0.2, 0.25) is 0 Å². The summed E-state index contributed by atoms with van der Waals surface area (Å²) >= 11 is 3.05. The molecule has 0 bridgehead atoms. The molecule has 21 heavy (non-hydrogen) atoms. The largest absolute Gasteiger partial charge is 0.496 e. The van der Waals surface area contributed by atoms with E-state index in [0.29, 0.717) is 22.6 Å². The summed E-state index contributed by atoms with van der Waals surface area (Å²) in [5.74, 6) is -0.890. The fourth-order valence-electron chi connectivity index (χ4n) is 2.12. The maximum atomic E-state index is 13.7. The van der Waals surface area contributed by atoms with E-state index >= 15 is 0 Å². The van der Waals surface area contributed by atoms with Crippen LogP contribution in [-0.4, -0.2) is 14.2 Å². The molecule has 6 heteroatoms. The molecule has 0 heterocycles. The van der Waals surface area contributed by atoms with E-state index in [1.807, 2.05) is 0 Å². The van der Waals surface area contributed by atoms with Crippen molar-refractivity contribution in [2.24, 2.45) is 5.73 Å². The first-order valence-electron chi connectivity index (χ1n) is 6.11. The highest BCUT2D eigenvalue weighted by molar-refractivity contribution is 9.10. The van der Waals surface area contributed by atoms with Crippen LogP contribution in [0.1, 0.15) is 17.2 Å². The van der Waals surface area contributed by atoms with Gasteiger partial charge in [0.05, 0.1) is 30.3 Å². The van der Waals surface area contributed by atoms with Gasteiger partial charge in [0.25, 0.3) is 0 Å². The summed E-state index contributed by atoms with van der Waals surface area (Å²) in [6.45, 7) is 0. The van der Waals surface area contributed by atoms with E-state index in [1.165, 1.54) is 20.3 Å². The first-order chi connectivity index (χ1) is 10.0. The Balaban J connectivity index is 2.60. The molecule has 0 aliphatic carbocycles. The Bertz CT molecular complexity index is 642. The molecule has 2 aromatic rings. The lowest BCUT2D eigenvalue weighted by atomic mass is 9.97. The Kier molecular flexibility index (Phi) is 4.80. The molecule has 2 N–H and O–H groups in total. The molecule has 0 radical (unpaired) electrons. The van der Waals surface area contributed by atoms with Crippen molar-refractivity contribution in [1.29, 1.82) is 0 Å². The summed E-state index contributed by atoms with van der Waals surface area (Å²) in [5, 5.41) is 0. The zero-order valence-electron chi connectivity index (χ0n) is 11.5. The van der Waals surface area contributed by atoms with Crippen molar-refractivity contribution >= 4 is 15.9 Å². The fourth-order valence-corrected chi connectivity index (χ4v) is 2.69. The van der Waals surface area contributed by atoms with Gasteiger partial charge in [-0.3, -0.25) is 0 Å². The number of hydrogen-bond acceptors (Lipinski definition) is 3. The number of hydrogen-bond donors (Lipinski definition) is 1. The lowest BCUT2D eigenvalue weighted by Gasteiger charge is -2.20. The lowest BCUT2D eigenvalue weighted by molar-refractivity contribution is 0.382. The second kappa shape index (κ2) is 6.41. The molecule has 0 aliphatic heterocycles. The average Bonchev–Trinajstić information content (AvgIpc) is 2.51. The van der Waals surface area contributed by atoms with Crippen LogP contribution in [0.4, 0.5) is 8.78 Å². The Morgan fingerprint density at radius 2 is 1.62 bits per heavy atom. The Labute approximate surface area is 129 Å². The van der Waals surface area contributed by atoms with Crippen LogP contribution < -0.4 is 15.2 Å². The molecule has 0 aliphatic rings. The Hall–Kier alpha value is -1.66. The van der Waals surface area contributed by atoms with E-state index in [1.54, 1.807) is 18.2 Å². The highest BCUT2D eigenvalue weighted by atomic mass is 79.9. The minimum atomic E-state index is -0.975. The summed E-state index contributed by atoms with van der Waals surface area (Å²) in [4.78, 5) is 0. The van der Waals surface area contributed by atoms with Gasteiger partial charge in [-0.05, 0) is 39.7 Å². The van der Waals surface area contributed by atoms with Crippen LogP contribution in [0.2, 0.25) is 0 Å². The molecule has 0 saturated carbocycles. The van der Waals surface area contributed by atoms with E-state index in [4.69, 9.17) is 15.2 Å². The van der Waals surface area contributed by atoms with Crippen LogP contribution in [0.25, 0.3) is 0 Å². The van der Waals surface area contributed by atoms with Gasteiger partial charge in [-0.15, -0.1) is 0 Å². The topological polar surface area (TPSA) is 44.5 Å². The highest BCUT2D eigenvalue weighted by Crippen LogP contribution is 2.38. The Morgan fingerprint density at radius 1 is 1.05 bits per heavy atom. The van der Waals surface area contributed by atoms with Gasteiger partial charge in [-0.1, -0.05) is 12.1 Å². The fraction of sp³-hybridized carbons (Fsp3) is 0.200. The molecule has 1 atom stereocenters. The monoisotopic (exact) mass is 357 g/mol. The van der Waals surface area contributed by atoms with Gasteiger partial charge < -0.3 is 15.2 Å². The first kappa shape index (κ1) is 15.7. The zero-order valence-corrected chi connectivity index (χ0v) is 13.1. The van der Waals surface area contributed by atoms with Gasteiger partial charge in [-0.25, -0.2) is 8.78 Å². The number of ether oxygens (including phenoxy) is 2. The maximum absolute atomic E-state index is 13.7. The second-order valence-electron chi connectivity index (χ2n) is 4.32. The smallest absolute Gasteiger partial charge is 0.173 e. The summed E-state index contributed by atoms with van der Waals surface area (Å²) in [6.07, 6.45) is 0. The Morgan fingerprint density at radius 3 is 2.14 bits per heavy atom. The highest BCUT2D eigenvalue weighted by Gasteiger charge is 2.23. The molecule has 2 rings (SSSR count). The zero-order chi connectivity index (χ0) is 15.6. The molecular formula is C15H14BrF2NO2. The quantitative estimate of drug-likeness (QED) is 0.846. The van der Waals surface area contributed by atoms with Gasteiger partial charge >= 0.3 is 0 Å². The molecule has 0 amide bonds. The third kappa shape index (κ3) is 2.87. The SMILES string of the molecule is COc1cccc(OC)c1C(N)c1ccc(F)c(F)c1Br. The molecule has 0 fully saturated rings. The molecule has 0 aromatic heterocycles. The van der Waals surface area contributed by atoms with E-state index < -0.39 is 17.7 Å². The third-order valence-corrected chi connectivity index (χ3v) is 3.98. The van der Waals surface area contributed by atoms with Crippen molar-refractivity contribution in [1.82, 2.24) is 0 Å².